The Morgan fingerprint density at radius 3 is 1.29 bits per heavy atom. The molecule has 17 heavy (non-hydrogen) atoms. The van der Waals surface area contributed by atoms with Crippen LogP contribution in [0.4, 0.5) is 0 Å². The van der Waals surface area contributed by atoms with Gasteiger partial charge < -0.3 is 0 Å². The van der Waals surface area contributed by atoms with E-state index < -0.39 is 22.4 Å². The molecule has 0 aromatic heterocycles. The number of rotatable bonds is 4. The minimum Gasteiger partial charge on any atom is -0.283 e. The molecule has 0 aromatic carbocycles. The Morgan fingerprint density at radius 1 is 0.882 bits per heavy atom. The Morgan fingerprint density at radius 2 is 1.12 bits per heavy atom. The maximum absolute atomic E-state index is 6.18. The standard InChI is InChI=1S/C7H27N7P3/c1-13(2)16(6,9)11-15(5,8)12-17(7,10)14(3)4/h8-10H2,1-7H3/q+1. The van der Waals surface area contributed by atoms with Gasteiger partial charge in [-0.05, 0) is 28.2 Å². The average molecular weight is 302 g/mol. The largest absolute Gasteiger partial charge is 0.315 e. The second-order valence-corrected chi connectivity index (χ2v) is 13.7. The molecule has 0 radical (unpaired) electrons. The smallest absolute Gasteiger partial charge is 0.283 e. The van der Waals surface area contributed by atoms with E-state index in [1.54, 1.807) is 0 Å². The molecule has 104 valence electrons. The lowest BCUT2D eigenvalue weighted by Gasteiger charge is -2.25. The lowest BCUT2D eigenvalue weighted by molar-refractivity contribution is 0.670. The van der Waals surface area contributed by atoms with Gasteiger partial charge in [0.1, 0.15) is 21.4 Å². The first-order chi connectivity index (χ1) is 7.30. The topological polar surface area (TPSA) is 109 Å². The first-order valence-corrected chi connectivity index (χ1v) is 11.7. The van der Waals surface area contributed by atoms with Crippen LogP contribution in [0.5, 0.6) is 0 Å². The minimum atomic E-state index is -2.28. The van der Waals surface area contributed by atoms with Crippen molar-refractivity contribution in [3.63, 3.8) is 0 Å². The quantitative estimate of drug-likeness (QED) is 0.685. The highest BCUT2D eigenvalue weighted by Crippen LogP contribution is 2.64. The van der Waals surface area contributed by atoms with Crippen LogP contribution < -0.4 is 16.5 Å². The zero-order valence-electron chi connectivity index (χ0n) is 11.9. The fraction of sp³-hybridized carbons (Fsp3) is 1.00. The molecule has 0 aliphatic rings. The van der Waals surface area contributed by atoms with Crippen LogP contribution in [0.25, 0.3) is 0 Å². The van der Waals surface area contributed by atoms with Crippen LogP contribution >= 0.6 is 22.4 Å². The van der Waals surface area contributed by atoms with Crippen LogP contribution in [-0.4, -0.2) is 57.5 Å². The van der Waals surface area contributed by atoms with Crippen molar-refractivity contribution < 1.29 is 0 Å². The summed E-state index contributed by atoms with van der Waals surface area (Å²) in [5.41, 5.74) is 18.5. The zero-order chi connectivity index (χ0) is 14.1. The molecule has 0 bridgehead atoms. The van der Waals surface area contributed by atoms with Crippen molar-refractivity contribution in [1.29, 1.82) is 0 Å². The van der Waals surface area contributed by atoms with Crippen LogP contribution in [0.3, 0.4) is 0 Å². The lowest BCUT2D eigenvalue weighted by Crippen LogP contribution is -2.16. The molecule has 0 saturated carbocycles. The molecular weight excluding hydrogens is 275 g/mol. The molecule has 10 heteroatoms. The monoisotopic (exact) mass is 302 g/mol. The number of hydrogen-bond donors (Lipinski definition) is 3. The van der Waals surface area contributed by atoms with E-state index in [2.05, 4.69) is 9.03 Å². The van der Waals surface area contributed by atoms with Crippen molar-refractivity contribution >= 4 is 22.4 Å². The third-order valence-electron chi connectivity index (χ3n) is 2.34. The molecule has 0 aliphatic heterocycles. The van der Waals surface area contributed by atoms with Crippen LogP contribution in [0.1, 0.15) is 0 Å². The van der Waals surface area contributed by atoms with E-state index in [9.17, 15) is 0 Å². The molecule has 0 spiro atoms. The number of hydrogen-bond acceptors (Lipinski definition) is 3. The highest BCUT2D eigenvalue weighted by Gasteiger charge is 2.32. The fourth-order valence-corrected chi connectivity index (χ4v) is 8.52. The molecule has 0 aromatic rings. The summed E-state index contributed by atoms with van der Waals surface area (Å²) in [6, 6.07) is 0. The van der Waals surface area contributed by atoms with E-state index in [-0.39, 0.29) is 0 Å². The molecule has 0 rings (SSSR count). The summed E-state index contributed by atoms with van der Waals surface area (Å²) in [6.45, 7) is 5.67. The summed E-state index contributed by atoms with van der Waals surface area (Å²) in [5.74, 6) is 0. The highest BCUT2D eigenvalue weighted by atomic mass is 31.2. The SMILES string of the molecule is CN(C)P(C)(N)=N[P+](C)(N)N=P(C)(N)N(C)C. The molecule has 0 aliphatic carbocycles. The van der Waals surface area contributed by atoms with Crippen molar-refractivity contribution in [2.75, 3.05) is 48.2 Å². The third-order valence-corrected chi connectivity index (χ3v) is 11.4. The molecule has 0 amide bonds. The summed E-state index contributed by atoms with van der Waals surface area (Å²) >= 11 is 0. The molecule has 7 nitrogen and oxygen atoms in total. The Kier molecular flexibility index (Phi) is 6.00. The molecule has 2 atom stereocenters. The van der Waals surface area contributed by atoms with Gasteiger partial charge >= 0.3 is 7.71 Å². The van der Waals surface area contributed by atoms with Crippen molar-refractivity contribution in [1.82, 2.24) is 9.34 Å². The van der Waals surface area contributed by atoms with Crippen LogP contribution in [0.15, 0.2) is 9.03 Å². The van der Waals surface area contributed by atoms with Crippen molar-refractivity contribution in [2.24, 2.45) is 25.5 Å². The van der Waals surface area contributed by atoms with Gasteiger partial charge in [0.05, 0.1) is 0 Å². The van der Waals surface area contributed by atoms with Gasteiger partial charge in [0.25, 0.3) is 0 Å². The third kappa shape index (κ3) is 5.91. The summed E-state index contributed by atoms with van der Waals surface area (Å²) in [7, 11) is 1.29. The fourth-order valence-electron chi connectivity index (χ4n) is 0.911. The predicted octanol–water partition coefficient (Wildman–Crippen LogP) is 1.70. The van der Waals surface area contributed by atoms with Gasteiger partial charge in [0.2, 0.25) is 0 Å². The van der Waals surface area contributed by atoms with Gasteiger partial charge in [0, 0.05) is 13.3 Å². The van der Waals surface area contributed by atoms with Crippen molar-refractivity contribution in [3.8, 4) is 0 Å². The van der Waals surface area contributed by atoms with E-state index in [4.69, 9.17) is 16.5 Å². The zero-order valence-corrected chi connectivity index (χ0v) is 14.5. The summed E-state index contributed by atoms with van der Waals surface area (Å²) in [5, 5.41) is 0. The van der Waals surface area contributed by atoms with Gasteiger partial charge in [-0.2, -0.15) is 5.50 Å². The summed E-state index contributed by atoms with van der Waals surface area (Å²) in [6.07, 6.45) is 0. The Labute approximate surface area is 106 Å². The maximum atomic E-state index is 6.18. The van der Waals surface area contributed by atoms with Gasteiger partial charge in [-0.15, -0.1) is 0 Å². The van der Waals surface area contributed by atoms with E-state index in [0.29, 0.717) is 0 Å². The second kappa shape index (κ2) is 5.77. The summed E-state index contributed by atoms with van der Waals surface area (Å²) < 4.78 is 13.0. The van der Waals surface area contributed by atoms with E-state index >= 15 is 0 Å². The lowest BCUT2D eigenvalue weighted by atomic mass is 11.3. The van der Waals surface area contributed by atoms with Crippen LogP contribution in [-0.2, 0) is 0 Å². The first kappa shape index (κ1) is 17.7. The Balaban J connectivity index is 5.48. The number of nitrogens with zero attached hydrogens (tertiary/aromatic N) is 4. The molecule has 0 saturated heterocycles. The van der Waals surface area contributed by atoms with Gasteiger partial charge in [0.15, 0.2) is 0 Å². The van der Waals surface area contributed by atoms with E-state index in [1.165, 1.54) is 0 Å². The Hall–Kier alpha value is 0.690. The van der Waals surface area contributed by atoms with E-state index in [0.717, 1.165) is 0 Å². The van der Waals surface area contributed by atoms with E-state index in [1.807, 2.05) is 57.5 Å². The highest BCUT2D eigenvalue weighted by molar-refractivity contribution is 7.82. The molecular formula is C7H27N7P3+. The Bertz CT molecular complexity index is 328. The molecule has 0 heterocycles. The second-order valence-electron chi connectivity index (χ2n) is 4.81. The molecule has 0 fully saturated rings. The average Bonchev–Trinajstić information content (AvgIpc) is 1.98. The van der Waals surface area contributed by atoms with Crippen molar-refractivity contribution in [3.05, 3.63) is 0 Å². The van der Waals surface area contributed by atoms with Gasteiger partial charge in [-0.3, -0.25) is 20.3 Å². The van der Waals surface area contributed by atoms with Gasteiger partial charge in [-0.25, -0.2) is 0 Å². The summed E-state index contributed by atoms with van der Waals surface area (Å²) in [4.78, 5) is 0. The molecule has 2 unspecified atom stereocenters. The minimum absolute atomic E-state index is 1.84. The number of nitrogens with two attached hydrogens (primary N) is 3. The maximum Gasteiger partial charge on any atom is 0.315 e. The van der Waals surface area contributed by atoms with Gasteiger partial charge in [-0.1, -0.05) is 9.03 Å². The van der Waals surface area contributed by atoms with Crippen molar-refractivity contribution in [2.45, 2.75) is 0 Å². The predicted molar refractivity (Wildman–Crippen MR) is 83.3 cm³/mol. The van der Waals surface area contributed by atoms with Crippen LogP contribution in [0, 0.1) is 0 Å². The normalized spacial score (nSPS) is 22.8. The molecule has 6 N–H and O–H groups in total. The first-order valence-electron chi connectivity index (χ1n) is 5.11. The van der Waals surface area contributed by atoms with Crippen LogP contribution in [0.2, 0.25) is 0 Å².